The predicted molar refractivity (Wildman–Crippen MR) is 78.9 cm³/mol. The van der Waals surface area contributed by atoms with Crippen molar-refractivity contribution in [1.82, 2.24) is 15.1 Å². The van der Waals surface area contributed by atoms with Crippen molar-refractivity contribution in [3.63, 3.8) is 0 Å². The molecule has 0 aliphatic heterocycles. The first-order valence-corrected chi connectivity index (χ1v) is 6.79. The summed E-state index contributed by atoms with van der Waals surface area (Å²) in [5, 5.41) is 3.96. The van der Waals surface area contributed by atoms with Crippen LogP contribution >= 0.6 is 15.9 Å². The lowest BCUT2D eigenvalue weighted by molar-refractivity contribution is 0.385. The SMILES string of the molecule is Nc1ccc(Cc2nc(-c3ncccc3Br)no2)cc1. The van der Waals surface area contributed by atoms with Crippen molar-refractivity contribution < 1.29 is 4.52 Å². The molecule has 5 nitrogen and oxygen atoms in total. The molecule has 1 aromatic carbocycles. The number of pyridine rings is 1. The van der Waals surface area contributed by atoms with Gasteiger partial charge >= 0.3 is 0 Å². The van der Waals surface area contributed by atoms with Crippen LogP contribution in [0, 0.1) is 0 Å². The highest BCUT2D eigenvalue weighted by Crippen LogP contribution is 2.23. The molecule has 0 radical (unpaired) electrons. The second kappa shape index (κ2) is 5.42. The number of benzene rings is 1. The van der Waals surface area contributed by atoms with Crippen molar-refractivity contribution in [2.45, 2.75) is 6.42 Å². The van der Waals surface area contributed by atoms with E-state index in [4.69, 9.17) is 10.3 Å². The van der Waals surface area contributed by atoms with Gasteiger partial charge < -0.3 is 10.3 Å². The summed E-state index contributed by atoms with van der Waals surface area (Å²) >= 11 is 3.42. The van der Waals surface area contributed by atoms with E-state index >= 15 is 0 Å². The normalized spacial score (nSPS) is 10.7. The molecular formula is C14H11BrN4O. The molecule has 3 aromatic rings. The Morgan fingerprint density at radius 1 is 1.15 bits per heavy atom. The van der Waals surface area contributed by atoms with Crippen LogP contribution in [0.5, 0.6) is 0 Å². The van der Waals surface area contributed by atoms with Crippen LogP contribution in [-0.2, 0) is 6.42 Å². The third-order valence-electron chi connectivity index (χ3n) is 2.77. The van der Waals surface area contributed by atoms with Crippen LogP contribution in [-0.4, -0.2) is 15.1 Å². The third kappa shape index (κ3) is 2.70. The first-order valence-electron chi connectivity index (χ1n) is 6.00. The van der Waals surface area contributed by atoms with Crippen molar-refractivity contribution in [3.05, 3.63) is 58.5 Å². The highest BCUT2D eigenvalue weighted by Gasteiger charge is 2.12. The summed E-state index contributed by atoms with van der Waals surface area (Å²) in [6.07, 6.45) is 2.26. The lowest BCUT2D eigenvalue weighted by atomic mass is 10.1. The van der Waals surface area contributed by atoms with Crippen molar-refractivity contribution in [3.8, 4) is 11.5 Å². The Hall–Kier alpha value is -2.21. The fourth-order valence-corrected chi connectivity index (χ4v) is 2.22. The third-order valence-corrected chi connectivity index (χ3v) is 3.41. The van der Waals surface area contributed by atoms with E-state index in [9.17, 15) is 0 Å². The topological polar surface area (TPSA) is 77.8 Å². The van der Waals surface area contributed by atoms with Gasteiger partial charge in [-0.1, -0.05) is 17.3 Å². The average Bonchev–Trinajstić information content (AvgIpc) is 2.90. The van der Waals surface area contributed by atoms with Gasteiger partial charge in [-0.2, -0.15) is 4.98 Å². The minimum atomic E-state index is 0.475. The fraction of sp³-hybridized carbons (Fsp3) is 0.0714. The largest absolute Gasteiger partial charge is 0.399 e. The maximum atomic E-state index is 5.65. The molecule has 0 aliphatic carbocycles. The Bertz CT molecular complexity index is 724. The van der Waals surface area contributed by atoms with E-state index in [1.54, 1.807) is 6.20 Å². The van der Waals surface area contributed by atoms with Crippen LogP contribution in [0.1, 0.15) is 11.5 Å². The maximum absolute atomic E-state index is 5.65. The molecular weight excluding hydrogens is 320 g/mol. The minimum absolute atomic E-state index is 0.475. The molecule has 2 aromatic heterocycles. The van der Waals surface area contributed by atoms with E-state index in [0.29, 0.717) is 23.8 Å². The van der Waals surface area contributed by atoms with E-state index in [0.717, 1.165) is 15.7 Å². The molecule has 3 rings (SSSR count). The number of nitrogens with zero attached hydrogens (tertiary/aromatic N) is 3. The van der Waals surface area contributed by atoms with Crippen molar-refractivity contribution in [2.24, 2.45) is 0 Å². The van der Waals surface area contributed by atoms with Crippen molar-refractivity contribution >= 4 is 21.6 Å². The van der Waals surface area contributed by atoms with Gasteiger partial charge in [0.05, 0.1) is 6.42 Å². The first kappa shape index (κ1) is 12.8. The molecule has 0 amide bonds. The second-order valence-corrected chi connectivity index (χ2v) is 5.12. The highest BCUT2D eigenvalue weighted by atomic mass is 79.9. The zero-order chi connectivity index (χ0) is 13.9. The number of halogens is 1. The number of rotatable bonds is 3. The molecule has 0 unspecified atom stereocenters. The number of nitrogens with two attached hydrogens (primary N) is 1. The van der Waals surface area contributed by atoms with E-state index < -0.39 is 0 Å². The summed E-state index contributed by atoms with van der Waals surface area (Å²) in [6, 6.07) is 11.3. The molecule has 20 heavy (non-hydrogen) atoms. The van der Waals surface area contributed by atoms with Crippen LogP contribution in [0.4, 0.5) is 5.69 Å². The fourth-order valence-electron chi connectivity index (χ4n) is 1.78. The van der Waals surface area contributed by atoms with Gasteiger partial charge in [0.15, 0.2) is 0 Å². The van der Waals surface area contributed by atoms with Crippen LogP contribution in [0.25, 0.3) is 11.5 Å². The van der Waals surface area contributed by atoms with E-state index in [-0.39, 0.29) is 0 Å². The lowest BCUT2D eigenvalue weighted by Gasteiger charge is -1.97. The molecule has 6 heteroatoms. The summed E-state index contributed by atoms with van der Waals surface area (Å²) in [4.78, 5) is 8.59. The lowest BCUT2D eigenvalue weighted by Crippen LogP contribution is -1.91. The van der Waals surface area contributed by atoms with Crippen LogP contribution < -0.4 is 5.73 Å². The predicted octanol–water partition coefficient (Wildman–Crippen LogP) is 3.07. The summed E-state index contributed by atoms with van der Waals surface area (Å²) in [6.45, 7) is 0. The molecule has 2 heterocycles. The van der Waals surface area contributed by atoms with Gasteiger partial charge in [0.1, 0.15) is 5.69 Å². The van der Waals surface area contributed by atoms with Gasteiger partial charge in [-0.05, 0) is 45.8 Å². The smallest absolute Gasteiger partial charge is 0.231 e. The molecule has 0 fully saturated rings. The Morgan fingerprint density at radius 2 is 1.95 bits per heavy atom. The van der Waals surface area contributed by atoms with Crippen molar-refractivity contribution in [2.75, 3.05) is 5.73 Å². The van der Waals surface area contributed by atoms with Gasteiger partial charge in [0, 0.05) is 16.4 Å². The van der Waals surface area contributed by atoms with E-state index in [2.05, 4.69) is 31.1 Å². The summed E-state index contributed by atoms with van der Waals surface area (Å²) in [7, 11) is 0. The zero-order valence-electron chi connectivity index (χ0n) is 10.5. The van der Waals surface area contributed by atoms with Gasteiger partial charge in [-0.15, -0.1) is 0 Å². The summed E-state index contributed by atoms with van der Waals surface area (Å²) in [5.74, 6) is 1.02. The Morgan fingerprint density at radius 3 is 2.70 bits per heavy atom. The molecule has 0 aliphatic rings. The number of hydrogen-bond acceptors (Lipinski definition) is 5. The molecule has 0 saturated heterocycles. The standard InChI is InChI=1S/C14H11BrN4O/c15-11-2-1-7-17-13(11)14-18-12(20-19-14)8-9-3-5-10(16)6-4-9/h1-7H,8,16H2. The summed E-state index contributed by atoms with van der Waals surface area (Å²) < 4.78 is 6.09. The average molecular weight is 331 g/mol. The molecule has 0 bridgehead atoms. The zero-order valence-corrected chi connectivity index (χ0v) is 12.0. The monoisotopic (exact) mass is 330 g/mol. The summed E-state index contributed by atoms with van der Waals surface area (Å²) in [5.41, 5.74) is 8.12. The van der Waals surface area contributed by atoms with Gasteiger partial charge in [0.2, 0.25) is 11.7 Å². The van der Waals surface area contributed by atoms with Gasteiger partial charge in [0.25, 0.3) is 0 Å². The van der Waals surface area contributed by atoms with Crippen molar-refractivity contribution in [1.29, 1.82) is 0 Å². The molecule has 0 spiro atoms. The molecule has 0 saturated carbocycles. The quantitative estimate of drug-likeness (QED) is 0.746. The van der Waals surface area contributed by atoms with Crippen LogP contribution in [0.15, 0.2) is 51.6 Å². The Kier molecular flexibility index (Phi) is 3.47. The Balaban J connectivity index is 1.84. The van der Waals surface area contributed by atoms with Gasteiger partial charge in [-0.3, -0.25) is 4.98 Å². The number of anilines is 1. The minimum Gasteiger partial charge on any atom is -0.399 e. The van der Waals surface area contributed by atoms with E-state index in [1.807, 2.05) is 36.4 Å². The molecule has 100 valence electrons. The Labute approximate surface area is 124 Å². The van der Waals surface area contributed by atoms with E-state index in [1.165, 1.54) is 0 Å². The van der Waals surface area contributed by atoms with Crippen LogP contribution in [0.2, 0.25) is 0 Å². The number of aromatic nitrogens is 3. The van der Waals surface area contributed by atoms with Crippen LogP contribution in [0.3, 0.4) is 0 Å². The highest BCUT2D eigenvalue weighted by molar-refractivity contribution is 9.10. The number of nitrogen functional groups attached to an aromatic ring is 1. The maximum Gasteiger partial charge on any atom is 0.231 e. The first-order chi connectivity index (χ1) is 9.72. The molecule has 0 atom stereocenters. The molecule has 2 N–H and O–H groups in total. The van der Waals surface area contributed by atoms with Gasteiger partial charge in [-0.25, -0.2) is 0 Å². The second-order valence-electron chi connectivity index (χ2n) is 4.26. The number of hydrogen-bond donors (Lipinski definition) is 1.